The van der Waals surface area contributed by atoms with Crippen molar-refractivity contribution >= 4 is 17.6 Å². The van der Waals surface area contributed by atoms with Gasteiger partial charge in [0.2, 0.25) is 5.91 Å². The first-order valence-electron chi connectivity index (χ1n) is 9.11. The molecule has 3 rings (SSSR count). The van der Waals surface area contributed by atoms with E-state index in [2.05, 4.69) is 15.6 Å². The van der Waals surface area contributed by atoms with E-state index in [1.54, 1.807) is 11.1 Å². The van der Waals surface area contributed by atoms with Gasteiger partial charge in [-0.15, -0.1) is 0 Å². The molecule has 1 aliphatic heterocycles. The van der Waals surface area contributed by atoms with Gasteiger partial charge < -0.3 is 15.5 Å². The van der Waals surface area contributed by atoms with Gasteiger partial charge in [-0.2, -0.15) is 0 Å². The van der Waals surface area contributed by atoms with Crippen LogP contribution in [0.1, 0.15) is 23.2 Å². The van der Waals surface area contributed by atoms with Crippen LogP contribution in [0.3, 0.4) is 0 Å². The zero-order chi connectivity index (χ0) is 19.1. The highest BCUT2D eigenvalue weighted by Crippen LogP contribution is 2.19. The molecule has 1 saturated heterocycles. The first-order chi connectivity index (χ1) is 13.1. The summed E-state index contributed by atoms with van der Waals surface area (Å²) in [5.74, 6) is -0.0426. The number of pyridine rings is 1. The third-order valence-electron chi connectivity index (χ3n) is 4.57. The zero-order valence-electron chi connectivity index (χ0n) is 15.0. The number of nitrogens with one attached hydrogen (secondary N) is 2. The molecule has 2 heterocycles. The van der Waals surface area contributed by atoms with Crippen molar-refractivity contribution in [1.82, 2.24) is 15.2 Å². The average molecular weight is 370 g/mol. The normalized spacial score (nSPS) is 16.6. The van der Waals surface area contributed by atoms with Crippen LogP contribution in [0.5, 0.6) is 0 Å². The van der Waals surface area contributed by atoms with Crippen molar-refractivity contribution < 1.29 is 14.0 Å². The molecule has 1 aliphatic rings. The topological polar surface area (TPSA) is 74.3 Å². The molecule has 0 radical (unpaired) electrons. The fraction of sp³-hybridized carbons (Fsp3) is 0.350. The van der Waals surface area contributed by atoms with Crippen molar-refractivity contribution in [3.63, 3.8) is 0 Å². The van der Waals surface area contributed by atoms with Crippen molar-refractivity contribution in [3.8, 4) is 0 Å². The number of hydrogen-bond acceptors (Lipinski definition) is 4. The molecule has 1 aromatic carbocycles. The van der Waals surface area contributed by atoms with E-state index in [4.69, 9.17) is 0 Å². The summed E-state index contributed by atoms with van der Waals surface area (Å²) in [6.45, 7) is 2.06. The molecule has 27 heavy (non-hydrogen) atoms. The summed E-state index contributed by atoms with van der Waals surface area (Å²) >= 11 is 0. The SMILES string of the molecule is O=C(NCCNc1ccccn1)C1CCCN(C(=O)c2ccc(F)cc2)C1. The summed E-state index contributed by atoms with van der Waals surface area (Å²) in [5, 5.41) is 6.05. The van der Waals surface area contributed by atoms with Gasteiger partial charge in [-0.05, 0) is 49.2 Å². The lowest BCUT2D eigenvalue weighted by atomic mass is 9.96. The maximum Gasteiger partial charge on any atom is 0.253 e. The van der Waals surface area contributed by atoms with Crippen LogP contribution in [0.2, 0.25) is 0 Å². The highest BCUT2D eigenvalue weighted by atomic mass is 19.1. The average Bonchev–Trinajstić information content (AvgIpc) is 2.72. The van der Waals surface area contributed by atoms with Gasteiger partial charge in [0.1, 0.15) is 11.6 Å². The fourth-order valence-electron chi connectivity index (χ4n) is 3.14. The van der Waals surface area contributed by atoms with Gasteiger partial charge in [0.05, 0.1) is 5.92 Å². The number of hydrogen-bond donors (Lipinski definition) is 2. The number of carbonyl (C=O) groups is 2. The molecule has 2 aromatic rings. The molecule has 7 heteroatoms. The summed E-state index contributed by atoms with van der Waals surface area (Å²) in [5.41, 5.74) is 0.442. The maximum absolute atomic E-state index is 13.0. The Morgan fingerprint density at radius 1 is 1.15 bits per heavy atom. The summed E-state index contributed by atoms with van der Waals surface area (Å²) < 4.78 is 13.0. The second kappa shape index (κ2) is 9.12. The standard InChI is InChI=1S/C20H23FN4O2/c21-17-8-6-15(7-9-17)20(27)25-13-3-4-16(14-25)19(26)24-12-11-23-18-5-1-2-10-22-18/h1-2,5-10,16H,3-4,11-14H2,(H,22,23)(H,24,26). The highest BCUT2D eigenvalue weighted by molar-refractivity contribution is 5.94. The minimum absolute atomic E-state index is 0.0468. The van der Waals surface area contributed by atoms with E-state index >= 15 is 0 Å². The Morgan fingerprint density at radius 3 is 2.70 bits per heavy atom. The summed E-state index contributed by atoms with van der Waals surface area (Å²) in [6.07, 6.45) is 3.24. The van der Waals surface area contributed by atoms with Crippen molar-refractivity contribution in [2.45, 2.75) is 12.8 Å². The van der Waals surface area contributed by atoms with Crippen LogP contribution in [-0.2, 0) is 4.79 Å². The number of nitrogens with zero attached hydrogens (tertiary/aromatic N) is 2. The lowest BCUT2D eigenvalue weighted by Crippen LogP contribution is -2.46. The van der Waals surface area contributed by atoms with Crippen molar-refractivity contribution in [2.75, 3.05) is 31.5 Å². The number of amides is 2. The molecule has 6 nitrogen and oxygen atoms in total. The summed E-state index contributed by atoms with van der Waals surface area (Å²) in [7, 11) is 0. The molecule has 0 aliphatic carbocycles. The van der Waals surface area contributed by atoms with Crippen LogP contribution < -0.4 is 10.6 Å². The van der Waals surface area contributed by atoms with Gasteiger partial charge in [-0.3, -0.25) is 9.59 Å². The summed E-state index contributed by atoms with van der Waals surface area (Å²) in [4.78, 5) is 30.8. The fourth-order valence-corrected chi connectivity index (χ4v) is 3.14. The molecule has 142 valence electrons. The number of rotatable bonds is 6. The molecule has 0 bridgehead atoms. The Morgan fingerprint density at radius 2 is 1.96 bits per heavy atom. The van der Waals surface area contributed by atoms with Crippen LogP contribution >= 0.6 is 0 Å². The third-order valence-corrected chi connectivity index (χ3v) is 4.57. The maximum atomic E-state index is 13.0. The van der Waals surface area contributed by atoms with E-state index in [-0.39, 0.29) is 23.5 Å². The van der Waals surface area contributed by atoms with Gasteiger partial charge in [0, 0.05) is 37.9 Å². The second-order valence-electron chi connectivity index (χ2n) is 6.53. The van der Waals surface area contributed by atoms with Crippen molar-refractivity contribution in [2.24, 2.45) is 5.92 Å². The van der Waals surface area contributed by atoms with E-state index < -0.39 is 0 Å². The van der Waals surface area contributed by atoms with Crippen LogP contribution in [0.4, 0.5) is 10.2 Å². The third kappa shape index (κ3) is 5.26. The van der Waals surface area contributed by atoms with Gasteiger partial charge in [-0.1, -0.05) is 6.07 Å². The Hall–Kier alpha value is -2.96. The Bertz CT molecular complexity index is 767. The first-order valence-corrected chi connectivity index (χ1v) is 9.11. The lowest BCUT2D eigenvalue weighted by molar-refractivity contribution is -0.126. The quantitative estimate of drug-likeness (QED) is 0.766. The van der Waals surface area contributed by atoms with Gasteiger partial charge in [0.15, 0.2) is 0 Å². The first kappa shape index (κ1) is 18.8. The molecule has 0 saturated carbocycles. The van der Waals surface area contributed by atoms with E-state index in [1.165, 1.54) is 24.3 Å². The van der Waals surface area contributed by atoms with Gasteiger partial charge >= 0.3 is 0 Å². The van der Waals surface area contributed by atoms with Crippen molar-refractivity contribution in [1.29, 1.82) is 0 Å². The zero-order valence-corrected chi connectivity index (χ0v) is 15.0. The molecule has 1 aromatic heterocycles. The number of benzene rings is 1. The Kier molecular flexibility index (Phi) is 6.35. The minimum Gasteiger partial charge on any atom is -0.368 e. The monoisotopic (exact) mass is 370 g/mol. The number of aromatic nitrogens is 1. The Balaban J connectivity index is 1.46. The van der Waals surface area contributed by atoms with Gasteiger partial charge in [0.25, 0.3) is 5.91 Å². The lowest BCUT2D eigenvalue weighted by Gasteiger charge is -2.32. The number of piperidine rings is 1. The number of halogens is 1. The van der Waals surface area contributed by atoms with E-state index in [1.807, 2.05) is 18.2 Å². The van der Waals surface area contributed by atoms with Gasteiger partial charge in [-0.25, -0.2) is 9.37 Å². The predicted molar refractivity (Wildman–Crippen MR) is 101 cm³/mol. The predicted octanol–water partition coefficient (Wildman–Crippen LogP) is 2.30. The molecular weight excluding hydrogens is 347 g/mol. The molecule has 1 unspecified atom stereocenters. The highest BCUT2D eigenvalue weighted by Gasteiger charge is 2.28. The molecule has 2 amide bonds. The van der Waals surface area contributed by atoms with Crippen molar-refractivity contribution in [3.05, 3.63) is 60.0 Å². The van der Waals surface area contributed by atoms with Crippen LogP contribution in [-0.4, -0.2) is 47.9 Å². The summed E-state index contributed by atoms with van der Waals surface area (Å²) in [6, 6.07) is 11.1. The van der Waals surface area contributed by atoms with E-state index in [0.29, 0.717) is 31.7 Å². The minimum atomic E-state index is -0.373. The smallest absolute Gasteiger partial charge is 0.253 e. The number of likely N-dealkylation sites (tertiary alicyclic amines) is 1. The van der Waals surface area contributed by atoms with E-state index in [0.717, 1.165) is 18.7 Å². The van der Waals surface area contributed by atoms with Crippen LogP contribution in [0, 0.1) is 11.7 Å². The second-order valence-corrected chi connectivity index (χ2v) is 6.53. The van der Waals surface area contributed by atoms with Crippen LogP contribution in [0.25, 0.3) is 0 Å². The largest absolute Gasteiger partial charge is 0.368 e. The molecule has 0 spiro atoms. The molecule has 1 atom stereocenters. The molecular formula is C20H23FN4O2. The Labute approximate surface area is 157 Å². The number of anilines is 1. The molecule has 2 N–H and O–H groups in total. The van der Waals surface area contributed by atoms with Crippen LogP contribution in [0.15, 0.2) is 48.7 Å². The number of carbonyl (C=O) groups excluding carboxylic acids is 2. The van der Waals surface area contributed by atoms with E-state index in [9.17, 15) is 14.0 Å². The molecule has 1 fully saturated rings.